The minimum Gasteiger partial charge on any atom is -0.271 e. The fraction of sp³-hybridized carbons (Fsp3) is 1.00. The van der Waals surface area contributed by atoms with Crippen LogP contribution in [-0.4, -0.2) is 6.04 Å². The molecular formula is C14H28N2. The van der Waals surface area contributed by atoms with Crippen LogP contribution in [0.2, 0.25) is 0 Å². The van der Waals surface area contributed by atoms with Gasteiger partial charge in [-0.15, -0.1) is 0 Å². The first-order chi connectivity index (χ1) is 7.81. The van der Waals surface area contributed by atoms with Crippen molar-refractivity contribution in [2.75, 3.05) is 0 Å². The summed E-state index contributed by atoms with van der Waals surface area (Å²) < 4.78 is 0. The lowest BCUT2D eigenvalue weighted by molar-refractivity contribution is 0.157. The topological polar surface area (TPSA) is 38.0 Å². The molecule has 0 heterocycles. The van der Waals surface area contributed by atoms with Crippen molar-refractivity contribution in [1.82, 2.24) is 5.43 Å². The van der Waals surface area contributed by atoms with Gasteiger partial charge in [0, 0.05) is 6.04 Å². The summed E-state index contributed by atoms with van der Waals surface area (Å²) in [6, 6.07) is 0.604. The van der Waals surface area contributed by atoms with E-state index in [1.165, 1.54) is 57.8 Å². The summed E-state index contributed by atoms with van der Waals surface area (Å²) in [4.78, 5) is 0. The van der Waals surface area contributed by atoms with Crippen molar-refractivity contribution in [3.63, 3.8) is 0 Å². The van der Waals surface area contributed by atoms with Gasteiger partial charge >= 0.3 is 0 Å². The molecule has 0 aromatic rings. The first kappa shape index (κ1) is 12.4. The lowest BCUT2D eigenvalue weighted by Gasteiger charge is -2.38. The first-order valence-electron chi connectivity index (χ1n) is 7.27. The maximum absolute atomic E-state index is 5.82. The summed E-state index contributed by atoms with van der Waals surface area (Å²) in [5.74, 6) is 8.47. The van der Waals surface area contributed by atoms with Crippen LogP contribution in [0, 0.1) is 17.8 Å². The minimum absolute atomic E-state index is 0.604. The molecule has 0 bridgehead atoms. The van der Waals surface area contributed by atoms with Crippen molar-refractivity contribution < 1.29 is 0 Å². The van der Waals surface area contributed by atoms with Crippen molar-refractivity contribution in [2.45, 2.75) is 70.8 Å². The number of hydrogen-bond donors (Lipinski definition) is 2. The second kappa shape index (κ2) is 6.02. The summed E-state index contributed by atoms with van der Waals surface area (Å²) in [5.41, 5.74) is 3.16. The van der Waals surface area contributed by atoms with Gasteiger partial charge in [0.05, 0.1) is 0 Å². The van der Waals surface area contributed by atoms with Gasteiger partial charge in [0.1, 0.15) is 0 Å². The highest BCUT2D eigenvalue weighted by atomic mass is 15.2. The van der Waals surface area contributed by atoms with Gasteiger partial charge in [0.15, 0.2) is 0 Å². The average Bonchev–Trinajstić information content (AvgIpc) is 2.34. The molecule has 0 aromatic heterocycles. The molecule has 0 spiro atoms. The van der Waals surface area contributed by atoms with Crippen molar-refractivity contribution in [3.8, 4) is 0 Å². The van der Waals surface area contributed by atoms with E-state index < -0.39 is 0 Å². The molecule has 1 unspecified atom stereocenters. The molecule has 2 rings (SSSR count). The van der Waals surface area contributed by atoms with E-state index in [0.29, 0.717) is 6.04 Å². The molecule has 3 N–H and O–H groups in total. The van der Waals surface area contributed by atoms with Gasteiger partial charge < -0.3 is 0 Å². The number of nitrogens with two attached hydrogens (primary N) is 1. The Morgan fingerprint density at radius 1 is 0.875 bits per heavy atom. The van der Waals surface area contributed by atoms with Crippen LogP contribution in [0.3, 0.4) is 0 Å². The smallest absolute Gasteiger partial charge is 0.0266 e. The van der Waals surface area contributed by atoms with E-state index >= 15 is 0 Å². The third kappa shape index (κ3) is 2.98. The Hall–Kier alpha value is -0.0800. The fourth-order valence-electron chi connectivity index (χ4n) is 3.80. The Morgan fingerprint density at radius 3 is 2.00 bits per heavy atom. The predicted octanol–water partition coefficient (Wildman–Crippen LogP) is 3.22. The minimum atomic E-state index is 0.604. The van der Waals surface area contributed by atoms with E-state index in [-0.39, 0.29) is 0 Å². The summed E-state index contributed by atoms with van der Waals surface area (Å²) >= 11 is 0. The van der Waals surface area contributed by atoms with Crippen LogP contribution >= 0.6 is 0 Å². The molecule has 0 aromatic carbocycles. The van der Waals surface area contributed by atoms with Crippen molar-refractivity contribution in [2.24, 2.45) is 23.6 Å². The van der Waals surface area contributed by atoms with Crippen LogP contribution in [0.5, 0.6) is 0 Å². The largest absolute Gasteiger partial charge is 0.271 e. The molecule has 94 valence electrons. The van der Waals surface area contributed by atoms with Crippen LogP contribution in [-0.2, 0) is 0 Å². The molecule has 1 atom stereocenters. The van der Waals surface area contributed by atoms with E-state index in [1.807, 2.05) is 0 Å². The SMILES string of the molecule is CC1CCC(C(NN)C2CCCCC2)CC1. The van der Waals surface area contributed by atoms with Gasteiger partial charge in [-0.25, -0.2) is 0 Å². The van der Waals surface area contributed by atoms with Gasteiger partial charge in [-0.1, -0.05) is 39.0 Å². The van der Waals surface area contributed by atoms with Gasteiger partial charge in [-0.3, -0.25) is 11.3 Å². The predicted molar refractivity (Wildman–Crippen MR) is 68.8 cm³/mol. The fourth-order valence-corrected chi connectivity index (χ4v) is 3.80. The highest BCUT2D eigenvalue weighted by Crippen LogP contribution is 2.36. The maximum Gasteiger partial charge on any atom is 0.0266 e. The van der Waals surface area contributed by atoms with Crippen LogP contribution in [0.1, 0.15) is 64.7 Å². The van der Waals surface area contributed by atoms with E-state index in [9.17, 15) is 0 Å². The van der Waals surface area contributed by atoms with Gasteiger partial charge in [0.25, 0.3) is 0 Å². The third-order valence-corrected chi connectivity index (χ3v) is 4.92. The van der Waals surface area contributed by atoms with Gasteiger partial charge in [0.2, 0.25) is 0 Å². The molecule has 2 saturated carbocycles. The molecule has 0 radical (unpaired) electrons. The lowest BCUT2D eigenvalue weighted by Crippen LogP contribution is -2.47. The number of hydrazine groups is 1. The Bertz CT molecular complexity index is 191. The average molecular weight is 224 g/mol. The van der Waals surface area contributed by atoms with Crippen LogP contribution in [0.25, 0.3) is 0 Å². The molecule has 2 nitrogen and oxygen atoms in total. The van der Waals surface area contributed by atoms with Crippen LogP contribution in [0.4, 0.5) is 0 Å². The highest BCUT2D eigenvalue weighted by Gasteiger charge is 2.31. The zero-order chi connectivity index (χ0) is 11.4. The van der Waals surface area contributed by atoms with Crippen molar-refractivity contribution in [3.05, 3.63) is 0 Å². The highest BCUT2D eigenvalue weighted by molar-refractivity contribution is 4.86. The third-order valence-electron chi connectivity index (χ3n) is 4.92. The quantitative estimate of drug-likeness (QED) is 0.570. The molecule has 2 aliphatic rings. The molecular weight excluding hydrogens is 196 g/mol. The van der Waals surface area contributed by atoms with Gasteiger partial charge in [-0.2, -0.15) is 0 Å². The Morgan fingerprint density at radius 2 is 1.44 bits per heavy atom. The zero-order valence-electron chi connectivity index (χ0n) is 10.8. The van der Waals surface area contributed by atoms with Crippen molar-refractivity contribution in [1.29, 1.82) is 0 Å². The first-order valence-corrected chi connectivity index (χ1v) is 7.27. The summed E-state index contributed by atoms with van der Waals surface area (Å²) in [6.45, 7) is 2.39. The molecule has 0 saturated heterocycles. The summed E-state index contributed by atoms with van der Waals surface area (Å²) in [6.07, 6.45) is 12.7. The molecule has 2 fully saturated rings. The normalized spacial score (nSPS) is 34.9. The molecule has 2 aliphatic carbocycles. The van der Waals surface area contributed by atoms with E-state index in [4.69, 9.17) is 5.84 Å². The Labute approximate surface area is 100 Å². The maximum atomic E-state index is 5.82. The molecule has 0 aliphatic heterocycles. The van der Waals surface area contributed by atoms with Crippen molar-refractivity contribution >= 4 is 0 Å². The monoisotopic (exact) mass is 224 g/mol. The summed E-state index contributed by atoms with van der Waals surface area (Å²) in [7, 11) is 0. The van der Waals surface area contributed by atoms with Crippen LogP contribution < -0.4 is 11.3 Å². The number of rotatable bonds is 3. The zero-order valence-corrected chi connectivity index (χ0v) is 10.8. The number of hydrogen-bond acceptors (Lipinski definition) is 2. The second-order valence-corrected chi connectivity index (χ2v) is 6.11. The van der Waals surface area contributed by atoms with Gasteiger partial charge in [-0.05, 0) is 43.4 Å². The molecule has 0 amide bonds. The summed E-state index contributed by atoms with van der Waals surface area (Å²) in [5, 5.41) is 0. The number of nitrogens with one attached hydrogen (secondary N) is 1. The van der Waals surface area contributed by atoms with E-state index in [1.54, 1.807) is 0 Å². The molecule has 2 heteroatoms. The second-order valence-electron chi connectivity index (χ2n) is 6.11. The molecule has 16 heavy (non-hydrogen) atoms. The Kier molecular flexibility index (Phi) is 4.66. The van der Waals surface area contributed by atoms with E-state index in [0.717, 1.165) is 17.8 Å². The van der Waals surface area contributed by atoms with Crippen LogP contribution in [0.15, 0.2) is 0 Å². The standard InChI is InChI=1S/C14H28N2/c1-11-7-9-13(10-8-11)14(16-15)12-5-3-2-4-6-12/h11-14,16H,2-10,15H2,1H3. The lowest BCUT2D eigenvalue weighted by atomic mass is 9.72. The van der Waals surface area contributed by atoms with E-state index in [2.05, 4.69) is 12.3 Å². The Balaban J connectivity index is 1.88.